The molecule has 0 aromatic heterocycles. The fraction of sp³-hybridized carbons (Fsp3) is 0.562. The van der Waals surface area contributed by atoms with Crippen molar-refractivity contribution in [2.45, 2.75) is 38.0 Å². The third kappa shape index (κ3) is 6.09. The monoisotopic (exact) mass is 330 g/mol. The molecule has 1 N–H and O–H groups in total. The first kappa shape index (κ1) is 17.6. The molecule has 1 atom stereocenters. The van der Waals surface area contributed by atoms with Crippen molar-refractivity contribution in [1.82, 2.24) is 10.2 Å². The normalized spacial score (nSPS) is 19.4. The van der Waals surface area contributed by atoms with E-state index in [1.807, 2.05) is 24.3 Å². The Balaban J connectivity index is 1.86. The standard InChI is InChI=1S/C16H21F3N2O2/c1-23-14-6-2-4-12(8-14)10-21-7-3-5-13(11-21)20-15(22)9-16(17,18)19/h2,4,6,8,13H,3,5,7,9-11H2,1H3,(H,20,22)/t13-/m0/s1. The van der Waals surface area contributed by atoms with Crippen molar-refractivity contribution >= 4 is 5.91 Å². The molecule has 4 nitrogen and oxygen atoms in total. The van der Waals surface area contributed by atoms with Gasteiger partial charge < -0.3 is 10.1 Å². The van der Waals surface area contributed by atoms with Crippen LogP contribution in [0.2, 0.25) is 0 Å². The maximum atomic E-state index is 12.2. The molecule has 1 aliphatic heterocycles. The molecule has 23 heavy (non-hydrogen) atoms. The molecule has 1 saturated heterocycles. The summed E-state index contributed by atoms with van der Waals surface area (Å²) in [5.41, 5.74) is 1.08. The van der Waals surface area contributed by atoms with E-state index in [4.69, 9.17) is 4.74 Å². The zero-order valence-electron chi connectivity index (χ0n) is 13.0. The predicted octanol–water partition coefficient (Wildman–Crippen LogP) is 2.73. The van der Waals surface area contributed by atoms with Gasteiger partial charge in [-0.1, -0.05) is 12.1 Å². The highest BCUT2D eigenvalue weighted by Gasteiger charge is 2.32. The summed E-state index contributed by atoms with van der Waals surface area (Å²) in [6.07, 6.45) is -4.32. The molecule has 1 heterocycles. The zero-order chi connectivity index (χ0) is 16.9. The number of piperidine rings is 1. The SMILES string of the molecule is COc1cccc(CN2CCC[C@H](NC(=O)CC(F)(F)F)C2)c1. The Bertz CT molecular complexity index is 534. The number of rotatable bonds is 5. The number of hydrogen-bond acceptors (Lipinski definition) is 3. The number of carbonyl (C=O) groups excluding carboxylic acids is 1. The summed E-state index contributed by atoms with van der Waals surface area (Å²) in [4.78, 5) is 13.5. The topological polar surface area (TPSA) is 41.6 Å². The van der Waals surface area contributed by atoms with Crippen LogP contribution in [-0.2, 0) is 11.3 Å². The van der Waals surface area contributed by atoms with Crippen molar-refractivity contribution in [3.8, 4) is 5.75 Å². The molecule has 0 aliphatic carbocycles. The molecule has 1 aromatic carbocycles. The quantitative estimate of drug-likeness (QED) is 0.903. The van der Waals surface area contributed by atoms with Gasteiger partial charge in [0.15, 0.2) is 0 Å². The van der Waals surface area contributed by atoms with Crippen molar-refractivity contribution in [3.63, 3.8) is 0 Å². The minimum atomic E-state index is -4.46. The second-order valence-electron chi connectivity index (χ2n) is 5.79. The van der Waals surface area contributed by atoms with Gasteiger partial charge in [-0.15, -0.1) is 0 Å². The van der Waals surface area contributed by atoms with Crippen LogP contribution in [0.25, 0.3) is 0 Å². The molecule has 1 aromatic rings. The van der Waals surface area contributed by atoms with Gasteiger partial charge in [-0.2, -0.15) is 13.2 Å². The van der Waals surface area contributed by atoms with Gasteiger partial charge in [-0.25, -0.2) is 0 Å². The average Bonchev–Trinajstić information content (AvgIpc) is 2.45. The van der Waals surface area contributed by atoms with Crippen molar-refractivity contribution in [2.24, 2.45) is 0 Å². The van der Waals surface area contributed by atoms with Crippen molar-refractivity contribution in [1.29, 1.82) is 0 Å². The Morgan fingerprint density at radius 1 is 1.43 bits per heavy atom. The maximum absolute atomic E-state index is 12.2. The summed E-state index contributed by atoms with van der Waals surface area (Å²) < 4.78 is 41.8. The number of hydrogen-bond donors (Lipinski definition) is 1. The second-order valence-corrected chi connectivity index (χ2v) is 5.79. The van der Waals surface area contributed by atoms with Crippen LogP contribution in [0.15, 0.2) is 24.3 Å². The maximum Gasteiger partial charge on any atom is 0.397 e. The number of nitrogens with one attached hydrogen (secondary N) is 1. The third-order valence-corrected chi connectivity index (χ3v) is 3.77. The van der Waals surface area contributed by atoms with Crippen LogP contribution < -0.4 is 10.1 Å². The average molecular weight is 330 g/mol. The number of nitrogens with zero attached hydrogens (tertiary/aromatic N) is 1. The molecule has 0 spiro atoms. The molecule has 7 heteroatoms. The Kier molecular flexibility index (Phi) is 5.87. The fourth-order valence-electron chi connectivity index (χ4n) is 2.81. The first-order chi connectivity index (χ1) is 10.9. The van der Waals surface area contributed by atoms with Gasteiger partial charge in [0.1, 0.15) is 12.2 Å². The Morgan fingerprint density at radius 2 is 2.22 bits per heavy atom. The molecule has 0 bridgehead atoms. The van der Waals surface area contributed by atoms with Crippen LogP contribution in [0.4, 0.5) is 13.2 Å². The van der Waals surface area contributed by atoms with Crippen molar-refractivity contribution in [2.75, 3.05) is 20.2 Å². The molecule has 0 radical (unpaired) electrons. The van der Waals surface area contributed by atoms with E-state index in [0.29, 0.717) is 19.5 Å². The number of benzene rings is 1. The highest BCUT2D eigenvalue weighted by Crippen LogP contribution is 2.20. The lowest BCUT2D eigenvalue weighted by molar-refractivity contribution is -0.154. The largest absolute Gasteiger partial charge is 0.497 e. The number of halogens is 3. The molecule has 1 amide bonds. The summed E-state index contributed by atoms with van der Waals surface area (Å²) >= 11 is 0. The first-order valence-electron chi connectivity index (χ1n) is 7.57. The van der Waals surface area contributed by atoms with E-state index in [9.17, 15) is 18.0 Å². The highest BCUT2D eigenvalue weighted by molar-refractivity contribution is 5.76. The number of likely N-dealkylation sites (tertiary alicyclic amines) is 1. The summed E-state index contributed by atoms with van der Waals surface area (Å²) in [7, 11) is 1.60. The van der Waals surface area contributed by atoms with E-state index in [0.717, 1.165) is 24.3 Å². The number of amides is 1. The van der Waals surface area contributed by atoms with Gasteiger partial charge >= 0.3 is 6.18 Å². The van der Waals surface area contributed by atoms with E-state index in [1.165, 1.54) is 0 Å². The Morgan fingerprint density at radius 3 is 2.91 bits per heavy atom. The predicted molar refractivity (Wildman–Crippen MR) is 80.1 cm³/mol. The molecule has 0 saturated carbocycles. The van der Waals surface area contributed by atoms with E-state index in [1.54, 1.807) is 7.11 Å². The van der Waals surface area contributed by atoms with E-state index in [-0.39, 0.29) is 6.04 Å². The lowest BCUT2D eigenvalue weighted by Crippen LogP contribution is -2.48. The minimum absolute atomic E-state index is 0.232. The second kappa shape index (κ2) is 7.68. The molecule has 128 valence electrons. The Hall–Kier alpha value is -1.76. The fourth-order valence-corrected chi connectivity index (χ4v) is 2.81. The molecule has 1 fully saturated rings. The highest BCUT2D eigenvalue weighted by atomic mass is 19.4. The minimum Gasteiger partial charge on any atom is -0.497 e. The number of ether oxygens (including phenoxy) is 1. The van der Waals surface area contributed by atoms with Gasteiger partial charge in [0.25, 0.3) is 0 Å². The van der Waals surface area contributed by atoms with Gasteiger partial charge in [0.05, 0.1) is 7.11 Å². The van der Waals surface area contributed by atoms with Crippen LogP contribution in [0.3, 0.4) is 0 Å². The van der Waals surface area contributed by atoms with Crippen molar-refractivity contribution < 1.29 is 22.7 Å². The summed E-state index contributed by atoms with van der Waals surface area (Å²) in [5, 5.41) is 2.49. The smallest absolute Gasteiger partial charge is 0.397 e. The van der Waals surface area contributed by atoms with Crippen LogP contribution >= 0.6 is 0 Å². The summed E-state index contributed by atoms with van der Waals surface area (Å²) in [5.74, 6) is -0.180. The van der Waals surface area contributed by atoms with Gasteiger partial charge in [-0.05, 0) is 37.1 Å². The molecule has 2 rings (SSSR count). The van der Waals surface area contributed by atoms with E-state index in [2.05, 4.69) is 10.2 Å². The van der Waals surface area contributed by atoms with Gasteiger partial charge in [-0.3, -0.25) is 9.69 Å². The van der Waals surface area contributed by atoms with Crippen LogP contribution in [0, 0.1) is 0 Å². The summed E-state index contributed by atoms with van der Waals surface area (Å²) in [6.45, 7) is 2.10. The zero-order valence-corrected chi connectivity index (χ0v) is 13.0. The first-order valence-corrected chi connectivity index (χ1v) is 7.57. The molecular formula is C16H21F3N2O2. The Labute approximate surface area is 133 Å². The van der Waals surface area contributed by atoms with Crippen LogP contribution in [0.1, 0.15) is 24.8 Å². The molecular weight excluding hydrogens is 309 g/mol. The van der Waals surface area contributed by atoms with Gasteiger partial charge in [0, 0.05) is 19.1 Å². The van der Waals surface area contributed by atoms with Gasteiger partial charge in [0.2, 0.25) is 5.91 Å². The molecule has 0 unspecified atom stereocenters. The van der Waals surface area contributed by atoms with Crippen LogP contribution in [0.5, 0.6) is 5.75 Å². The molecule has 1 aliphatic rings. The lowest BCUT2D eigenvalue weighted by Gasteiger charge is -2.33. The third-order valence-electron chi connectivity index (χ3n) is 3.77. The van der Waals surface area contributed by atoms with Crippen molar-refractivity contribution in [3.05, 3.63) is 29.8 Å². The van der Waals surface area contributed by atoms with Crippen LogP contribution in [-0.4, -0.2) is 43.2 Å². The summed E-state index contributed by atoms with van der Waals surface area (Å²) in [6, 6.07) is 7.45. The number of alkyl halides is 3. The van der Waals surface area contributed by atoms with E-state index >= 15 is 0 Å². The number of carbonyl (C=O) groups is 1. The van der Waals surface area contributed by atoms with E-state index < -0.39 is 18.5 Å². The lowest BCUT2D eigenvalue weighted by atomic mass is 10.0. The number of methoxy groups -OCH3 is 1.